The van der Waals surface area contributed by atoms with Crippen LogP contribution in [0.5, 0.6) is 5.75 Å². The molecule has 1 atom stereocenters. The number of methoxy groups -OCH3 is 1. The number of amides is 1. The molecular weight excluding hydrogens is 420 g/mol. The summed E-state index contributed by atoms with van der Waals surface area (Å²) in [5.41, 5.74) is 2.89. The molecule has 3 aromatic rings. The molecule has 9 heteroatoms. The van der Waals surface area contributed by atoms with Crippen molar-refractivity contribution in [3.8, 4) is 17.1 Å². The number of hydrogen-bond donors (Lipinski definition) is 0. The Kier molecular flexibility index (Phi) is 4.81. The summed E-state index contributed by atoms with van der Waals surface area (Å²) < 4.78 is 13.0. The molecular formula is C22H21ClN4O4. The highest BCUT2D eigenvalue weighted by molar-refractivity contribution is 6.31. The van der Waals surface area contributed by atoms with Crippen LogP contribution in [0, 0.1) is 6.92 Å². The molecule has 0 bridgehead atoms. The van der Waals surface area contributed by atoms with E-state index in [9.17, 15) is 9.59 Å². The molecule has 8 nitrogen and oxygen atoms in total. The Hall–Kier alpha value is -3.13. The second-order valence-corrected chi connectivity index (χ2v) is 8.34. The highest BCUT2D eigenvalue weighted by atomic mass is 35.5. The lowest BCUT2D eigenvalue weighted by molar-refractivity contribution is -0.117. The van der Waals surface area contributed by atoms with Crippen molar-refractivity contribution < 1.29 is 14.1 Å². The van der Waals surface area contributed by atoms with Gasteiger partial charge in [0.25, 0.3) is 0 Å². The van der Waals surface area contributed by atoms with Crippen molar-refractivity contribution in [3.63, 3.8) is 0 Å². The third kappa shape index (κ3) is 3.31. The number of pyridine rings is 1. The first-order valence-corrected chi connectivity index (χ1v) is 10.5. The number of benzene rings is 1. The van der Waals surface area contributed by atoms with Gasteiger partial charge < -0.3 is 18.7 Å². The van der Waals surface area contributed by atoms with E-state index in [4.69, 9.17) is 20.9 Å². The van der Waals surface area contributed by atoms with E-state index >= 15 is 0 Å². The number of halogens is 1. The summed E-state index contributed by atoms with van der Waals surface area (Å²) in [6.07, 6.45) is 2.01. The Bertz CT molecular complexity index is 1250. The fraction of sp³-hybridized carbons (Fsp3) is 0.364. The monoisotopic (exact) mass is 440 g/mol. The molecule has 5 rings (SSSR count). The average molecular weight is 441 g/mol. The molecule has 0 saturated carbocycles. The van der Waals surface area contributed by atoms with Crippen LogP contribution in [0.2, 0.25) is 5.02 Å². The largest absolute Gasteiger partial charge is 0.495 e. The predicted molar refractivity (Wildman–Crippen MR) is 115 cm³/mol. The van der Waals surface area contributed by atoms with Gasteiger partial charge in [-0.2, -0.15) is 4.98 Å². The summed E-state index contributed by atoms with van der Waals surface area (Å²) in [7, 11) is 1.55. The lowest BCUT2D eigenvalue weighted by Gasteiger charge is -2.19. The van der Waals surface area contributed by atoms with Crippen molar-refractivity contribution in [2.24, 2.45) is 0 Å². The number of aromatic nitrogens is 3. The van der Waals surface area contributed by atoms with Gasteiger partial charge in [0, 0.05) is 42.0 Å². The number of fused-ring (bicyclic) bond motifs is 1. The zero-order chi connectivity index (χ0) is 21.7. The maximum absolute atomic E-state index is 12.7. The first kappa shape index (κ1) is 19.8. The minimum Gasteiger partial charge on any atom is -0.495 e. The molecule has 1 saturated heterocycles. The van der Waals surface area contributed by atoms with Crippen LogP contribution in [0.15, 0.2) is 33.6 Å². The minimum atomic E-state index is -0.279. The van der Waals surface area contributed by atoms with Gasteiger partial charge in [0.05, 0.1) is 24.3 Å². The van der Waals surface area contributed by atoms with Gasteiger partial charge >= 0.3 is 0 Å². The topological polar surface area (TPSA) is 90.5 Å². The second kappa shape index (κ2) is 7.53. The summed E-state index contributed by atoms with van der Waals surface area (Å²) in [6, 6.07) is 6.77. The van der Waals surface area contributed by atoms with Gasteiger partial charge in [0.1, 0.15) is 5.75 Å². The van der Waals surface area contributed by atoms with Crippen molar-refractivity contribution in [3.05, 3.63) is 56.8 Å². The van der Waals surface area contributed by atoms with E-state index in [1.165, 1.54) is 0 Å². The Morgan fingerprint density at radius 3 is 2.90 bits per heavy atom. The summed E-state index contributed by atoms with van der Waals surface area (Å²) in [6.45, 7) is 3.18. The quantitative estimate of drug-likeness (QED) is 0.618. The number of anilines is 1. The fourth-order valence-electron chi connectivity index (χ4n) is 4.53. The first-order chi connectivity index (χ1) is 15.0. The third-order valence-corrected chi connectivity index (χ3v) is 6.23. The summed E-state index contributed by atoms with van der Waals surface area (Å²) in [5, 5.41) is 4.61. The van der Waals surface area contributed by atoms with Crippen molar-refractivity contribution >= 4 is 23.2 Å². The molecule has 160 valence electrons. The van der Waals surface area contributed by atoms with E-state index in [-0.39, 0.29) is 29.5 Å². The fourth-order valence-corrected chi connectivity index (χ4v) is 4.69. The van der Waals surface area contributed by atoms with Crippen LogP contribution in [0.4, 0.5) is 5.69 Å². The first-order valence-electron chi connectivity index (χ1n) is 10.2. The van der Waals surface area contributed by atoms with Crippen LogP contribution >= 0.6 is 11.6 Å². The summed E-state index contributed by atoms with van der Waals surface area (Å²) in [5.74, 6) is 0.841. The van der Waals surface area contributed by atoms with Crippen molar-refractivity contribution in [1.29, 1.82) is 0 Å². The Labute approximate surface area is 183 Å². The Balaban J connectivity index is 1.46. The van der Waals surface area contributed by atoms with E-state index in [0.29, 0.717) is 34.5 Å². The number of ether oxygens (including phenoxy) is 1. The summed E-state index contributed by atoms with van der Waals surface area (Å²) in [4.78, 5) is 31.6. The van der Waals surface area contributed by atoms with Crippen LogP contribution in [0.3, 0.4) is 0 Å². The van der Waals surface area contributed by atoms with E-state index in [1.54, 1.807) is 36.3 Å². The maximum atomic E-state index is 12.7. The molecule has 2 aliphatic rings. The lowest BCUT2D eigenvalue weighted by atomic mass is 10.1. The standard InChI is InChI=1S/C22H21ClN4O4/c1-12-8-17(28)20(15-4-3-7-26(12)15)21-24-22(31-25-21)13-9-19(29)27(11-13)16-10-14(23)5-6-18(16)30-2/h5-6,8,10,13H,3-4,7,9,11H2,1-2H3/t13-/m1/s1. The second-order valence-electron chi connectivity index (χ2n) is 7.90. The van der Waals surface area contributed by atoms with Gasteiger partial charge in [-0.05, 0) is 38.0 Å². The number of aryl methyl sites for hydroxylation is 1. The van der Waals surface area contributed by atoms with Gasteiger partial charge in [-0.1, -0.05) is 16.8 Å². The van der Waals surface area contributed by atoms with Crippen LogP contribution in [-0.2, 0) is 17.8 Å². The molecule has 0 unspecified atom stereocenters. The molecule has 1 amide bonds. The zero-order valence-corrected chi connectivity index (χ0v) is 18.0. The van der Waals surface area contributed by atoms with Crippen molar-refractivity contribution in [2.45, 2.75) is 38.6 Å². The number of hydrogen-bond acceptors (Lipinski definition) is 6. The van der Waals surface area contributed by atoms with Crippen LogP contribution < -0.4 is 15.1 Å². The van der Waals surface area contributed by atoms with Crippen LogP contribution in [-0.4, -0.2) is 34.3 Å². The third-order valence-electron chi connectivity index (χ3n) is 5.99. The van der Waals surface area contributed by atoms with Crippen LogP contribution in [0.1, 0.15) is 36.0 Å². The molecule has 0 spiro atoms. The van der Waals surface area contributed by atoms with E-state index in [2.05, 4.69) is 14.7 Å². The molecule has 31 heavy (non-hydrogen) atoms. The minimum absolute atomic E-state index is 0.0818. The smallest absolute Gasteiger partial charge is 0.232 e. The lowest BCUT2D eigenvalue weighted by Crippen LogP contribution is -2.24. The molecule has 0 radical (unpaired) electrons. The normalized spacial score (nSPS) is 18.0. The SMILES string of the molecule is COc1ccc(Cl)cc1N1C[C@H](c2nc(-c3c4n(c(C)cc3=O)CCC4)no2)CC1=O. The summed E-state index contributed by atoms with van der Waals surface area (Å²) >= 11 is 6.13. The number of nitrogens with zero attached hydrogens (tertiary/aromatic N) is 4. The molecule has 0 aliphatic carbocycles. The van der Waals surface area contributed by atoms with Gasteiger partial charge in [-0.3, -0.25) is 9.59 Å². The van der Waals surface area contributed by atoms with E-state index < -0.39 is 0 Å². The Morgan fingerprint density at radius 2 is 2.10 bits per heavy atom. The average Bonchev–Trinajstić information content (AvgIpc) is 3.48. The Morgan fingerprint density at radius 1 is 1.26 bits per heavy atom. The van der Waals surface area contributed by atoms with E-state index in [1.807, 2.05) is 6.92 Å². The predicted octanol–water partition coefficient (Wildman–Crippen LogP) is 3.34. The number of carbonyl (C=O) groups excluding carboxylic acids is 1. The van der Waals surface area contributed by atoms with Gasteiger partial charge in [-0.25, -0.2) is 0 Å². The number of rotatable bonds is 4. The van der Waals surface area contributed by atoms with Crippen LogP contribution in [0.25, 0.3) is 11.4 Å². The molecule has 2 aromatic heterocycles. The van der Waals surface area contributed by atoms with Gasteiger partial charge in [-0.15, -0.1) is 0 Å². The van der Waals surface area contributed by atoms with Gasteiger partial charge in [0.15, 0.2) is 5.43 Å². The highest BCUT2D eigenvalue weighted by Gasteiger charge is 2.37. The van der Waals surface area contributed by atoms with Crippen molar-refractivity contribution in [1.82, 2.24) is 14.7 Å². The maximum Gasteiger partial charge on any atom is 0.232 e. The van der Waals surface area contributed by atoms with Gasteiger partial charge in [0.2, 0.25) is 17.6 Å². The van der Waals surface area contributed by atoms with E-state index in [0.717, 1.165) is 30.8 Å². The zero-order valence-electron chi connectivity index (χ0n) is 17.2. The molecule has 2 aliphatic heterocycles. The highest BCUT2D eigenvalue weighted by Crippen LogP contribution is 2.38. The molecule has 1 aromatic carbocycles. The van der Waals surface area contributed by atoms with Crippen molar-refractivity contribution in [2.75, 3.05) is 18.6 Å². The molecule has 1 fully saturated rings. The molecule has 0 N–H and O–H groups in total. The molecule has 4 heterocycles. The number of carbonyl (C=O) groups is 1.